The molecule has 0 N–H and O–H groups in total. The smallest absolute Gasteiger partial charge is 0.264 e. The van der Waals surface area contributed by atoms with Gasteiger partial charge in [-0.3, -0.25) is 4.79 Å². The van der Waals surface area contributed by atoms with Crippen LogP contribution in [-0.4, -0.2) is 46.2 Å². The molecule has 2 aromatic rings. The molecule has 4 rings (SSSR count). The predicted octanol–water partition coefficient (Wildman–Crippen LogP) is 2.53. The molecule has 0 radical (unpaired) electrons. The van der Waals surface area contributed by atoms with Crippen LogP contribution in [0.3, 0.4) is 0 Å². The van der Waals surface area contributed by atoms with Crippen LogP contribution < -0.4 is 0 Å². The van der Waals surface area contributed by atoms with Crippen molar-refractivity contribution in [3.63, 3.8) is 0 Å². The normalized spacial score (nSPS) is 26.1. The molecule has 0 unspecified atom stereocenters. The minimum absolute atomic E-state index is 0.114. The average Bonchev–Trinajstić information content (AvgIpc) is 3.25. The second-order valence-corrected chi connectivity index (χ2v) is 8.05. The van der Waals surface area contributed by atoms with Crippen LogP contribution in [0.15, 0.2) is 10.6 Å². The number of aryl methyl sites for hydroxylation is 3. The standard InChI is InChI=1S/C17H21N3O3S/c1-9-4-15(24-10(9)2)17(21)20-7-12-5-13(22-14(12)8-20)6-16-18-11(3)19-23-16/h4,12-14H,5-8H2,1-3H3/t12-,13+,14+/m0/s1. The summed E-state index contributed by atoms with van der Waals surface area (Å²) in [7, 11) is 0. The average molecular weight is 347 g/mol. The molecule has 1 amide bonds. The van der Waals surface area contributed by atoms with Crippen LogP contribution in [-0.2, 0) is 11.2 Å². The van der Waals surface area contributed by atoms with Gasteiger partial charge in [-0.1, -0.05) is 5.16 Å². The molecule has 0 saturated carbocycles. The lowest BCUT2D eigenvalue weighted by atomic mass is 10.0. The fourth-order valence-electron chi connectivity index (χ4n) is 3.61. The molecule has 4 heterocycles. The van der Waals surface area contributed by atoms with Crippen molar-refractivity contribution in [2.45, 2.75) is 45.8 Å². The van der Waals surface area contributed by atoms with Gasteiger partial charge in [-0.2, -0.15) is 4.98 Å². The highest BCUT2D eigenvalue weighted by Gasteiger charge is 2.44. The summed E-state index contributed by atoms with van der Waals surface area (Å²) >= 11 is 1.58. The maximum absolute atomic E-state index is 12.7. The number of rotatable bonds is 3. The van der Waals surface area contributed by atoms with Crippen LogP contribution in [0.1, 0.15) is 38.2 Å². The van der Waals surface area contributed by atoms with Crippen molar-refractivity contribution < 1.29 is 14.1 Å². The molecule has 2 aliphatic rings. The van der Waals surface area contributed by atoms with Gasteiger partial charge in [0.25, 0.3) is 5.91 Å². The number of fused-ring (bicyclic) bond motifs is 1. The number of amides is 1. The van der Waals surface area contributed by atoms with Crippen LogP contribution in [0, 0.1) is 26.7 Å². The van der Waals surface area contributed by atoms with E-state index in [2.05, 4.69) is 17.1 Å². The molecule has 0 aromatic carbocycles. The second kappa shape index (κ2) is 5.97. The lowest BCUT2D eigenvalue weighted by molar-refractivity contribution is 0.0331. The first-order chi connectivity index (χ1) is 11.5. The molecular formula is C17H21N3O3S. The zero-order valence-corrected chi connectivity index (χ0v) is 14.9. The Morgan fingerprint density at radius 3 is 2.83 bits per heavy atom. The Kier molecular flexibility index (Phi) is 3.92. The molecule has 0 bridgehead atoms. The Hall–Kier alpha value is -1.73. The van der Waals surface area contributed by atoms with Crippen LogP contribution in [0.25, 0.3) is 0 Å². The number of aromatic nitrogens is 2. The molecule has 0 aliphatic carbocycles. The third-order valence-corrected chi connectivity index (χ3v) is 6.09. The summed E-state index contributed by atoms with van der Waals surface area (Å²) in [5.74, 6) is 1.83. The van der Waals surface area contributed by atoms with E-state index in [9.17, 15) is 4.79 Å². The third-order valence-electron chi connectivity index (χ3n) is 4.95. The summed E-state index contributed by atoms with van der Waals surface area (Å²) in [6, 6.07) is 2.00. The number of hydrogen-bond acceptors (Lipinski definition) is 6. The number of carbonyl (C=O) groups is 1. The molecule has 2 aromatic heterocycles. The van der Waals surface area contributed by atoms with E-state index in [4.69, 9.17) is 9.26 Å². The highest BCUT2D eigenvalue weighted by Crippen LogP contribution is 2.35. The quantitative estimate of drug-likeness (QED) is 0.853. The maximum atomic E-state index is 12.7. The third kappa shape index (κ3) is 2.86. The zero-order valence-electron chi connectivity index (χ0n) is 14.1. The number of likely N-dealkylation sites (tertiary alicyclic amines) is 1. The fourth-order valence-corrected chi connectivity index (χ4v) is 4.61. The summed E-state index contributed by atoms with van der Waals surface area (Å²) < 4.78 is 11.3. The second-order valence-electron chi connectivity index (χ2n) is 6.79. The van der Waals surface area contributed by atoms with Gasteiger partial charge in [0.2, 0.25) is 5.89 Å². The summed E-state index contributed by atoms with van der Waals surface area (Å²) in [4.78, 5) is 20.9. The van der Waals surface area contributed by atoms with E-state index in [1.807, 2.05) is 24.8 Å². The molecule has 0 spiro atoms. The van der Waals surface area contributed by atoms with Crippen LogP contribution in [0.4, 0.5) is 0 Å². The lowest BCUT2D eigenvalue weighted by Crippen LogP contribution is -2.31. The summed E-state index contributed by atoms with van der Waals surface area (Å²) in [6.07, 6.45) is 1.84. The summed E-state index contributed by atoms with van der Waals surface area (Å²) in [5, 5.41) is 3.82. The van der Waals surface area contributed by atoms with Crippen molar-refractivity contribution >= 4 is 17.2 Å². The SMILES string of the molecule is Cc1noc(C[C@H]2C[C@H]3CN(C(=O)c4cc(C)c(C)s4)C[C@H]3O2)n1. The largest absolute Gasteiger partial charge is 0.372 e. The Bertz CT molecular complexity index is 735. The minimum Gasteiger partial charge on any atom is -0.372 e. The fraction of sp³-hybridized carbons (Fsp3) is 0.588. The van der Waals surface area contributed by atoms with Gasteiger partial charge in [-0.15, -0.1) is 11.3 Å². The van der Waals surface area contributed by atoms with Crippen LogP contribution >= 0.6 is 11.3 Å². The monoisotopic (exact) mass is 347 g/mol. The Morgan fingerprint density at radius 2 is 2.21 bits per heavy atom. The Labute approximate surface area is 144 Å². The molecule has 2 aliphatic heterocycles. The highest BCUT2D eigenvalue weighted by atomic mass is 32.1. The lowest BCUT2D eigenvalue weighted by Gasteiger charge is -2.18. The van der Waals surface area contributed by atoms with Gasteiger partial charge in [0.1, 0.15) is 0 Å². The molecule has 2 saturated heterocycles. The van der Waals surface area contributed by atoms with Gasteiger partial charge < -0.3 is 14.2 Å². The zero-order chi connectivity index (χ0) is 16.8. The predicted molar refractivity (Wildman–Crippen MR) is 89.2 cm³/mol. The van der Waals surface area contributed by atoms with Gasteiger partial charge in [0.05, 0.1) is 23.5 Å². The van der Waals surface area contributed by atoms with Gasteiger partial charge in [-0.25, -0.2) is 0 Å². The van der Waals surface area contributed by atoms with Crippen LogP contribution in [0.2, 0.25) is 0 Å². The van der Waals surface area contributed by atoms with Crippen molar-refractivity contribution in [2.24, 2.45) is 5.92 Å². The van der Waals surface area contributed by atoms with Gasteiger partial charge in [0, 0.05) is 23.9 Å². The van der Waals surface area contributed by atoms with E-state index in [1.54, 1.807) is 11.3 Å². The first-order valence-corrected chi connectivity index (χ1v) is 9.12. The molecule has 24 heavy (non-hydrogen) atoms. The topological polar surface area (TPSA) is 68.5 Å². The van der Waals surface area contributed by atoms with Crippen molar-refractivity contribution in [3.05, 3.63) is 33.1 Å². The molecule has 2 fully saturated rings. The van der Waals surface area contributed by atoms with E-state index in [1.165, 1.54) is 10.4 Å². The van der Waals surface area contributed by atoms with E-state index >= 15 is 0 Å². The van der Waals surface area contributed by atoms with Crippen LogP contribution in [0.5, 0.6) is 0 Å². The summed E-state index contributed by atoms with van der Waals surface area (Å²) in [6.45, 7) is 7.38. The van der Waals surface area contributed by atoms with Crippen molar-refractivity contribution in [1.29, 1.82) is 0 Å². The number of carbonyl (C=O) groups excluding carboxylic acids is 1. The number of nitrogens with zero attached hydrogens (tertiary/aromatic N) is 3. The van der Waals surface area contributed by atoms with Gasteiger partial charge in [0.15, 0.2) is 5.82 Å². The number of ether oxygens (including phenoxy) is 1. The molecule has 7 heteroatoms. The Balaban J connectivity index is 1.36. The minimum atomic E-state index is 0.114. The van der Waals surface area contributed by atoms with E-state index in [0.29, 0.717) is 30.6 Å². The molecule has 128 valence electrons. The van der Waals surface area contributed by atoms with E-state index < -0.39 is 0 Å². The molecule has 3 atom stereocenters. The maximum Gasteiger partial charge on any atom is 0.264 e. The van der Waals surface area contributed by atoms with Gasteiger partial charge >= 0.3 is 0 Å². The number of hydrogen-bond donors (Lipinski definition) is 0. The Morgan fingerprint density at radius 1 is 1.38 bits per heavy atom. The number of thiophene rings is 1. The van der Waals surface area contributed by atoms with Gasteiger partial charge in [-0.05, 0) is 38.8 Å². The highest BCUT2D eigenvalue weighted by molar-refractivity contribution is 7.14. The summed E-state index contributed by atoms with van der Waals surface area (Å²) in [5.41, 5.74) is 1.19. The van der Waals surface area contributed by atoms with E-state index in [0.717, 1.165) is 17.8 Å². The van der Waals surface area contributed by atoms with E-state index in [-0.39, 0.29) is 18.1 Å². The first-order valence-electron chi connectivity index (χ1n) is 8.30. The van der Waals surface area contributed by atoms with Crippen molar-refractivity contribution in [3.8, 4) is 0 Å². The molecular weight excluding hydrogens is 326 g/mol. The molecule has 6 nitrogen and oxygen atoms in total. The van der Waals surface area contributed by atoms with Crippen molar-refractivity contribution in [2.75, 3.05) is 13.1 Å². The van der Waals surface area contributed by atoms with Crippen molar-refractivity contribution in [1.82, 2.24) is 15.0 Å². The first kappa shape index (κ1) is 15.8.